The maximum Gasteiger partial charge on any atom is 0.0587 e. The molecular weight excluding hydrogens is 114 g/mol. The van der Waals surface area contributed by atoms with Crippen LogP contribution >= 0.6 is 0 Å². The lowest BCUT2D eigenvalue weighted by Gasteiger charge is -2.28. The highest BCUT2D eigenvalue weighted by Gasteiger charge is 2.18. The van der Waals surface area contributed by atoms with Gasteiger partial charge in [-0.3, -0.25) is 0 Å². The van der Waals surface area contributed by atoms with Gasteiger partial charge in [0.05, 0.1) is 6.61 Å². The predicted octanol–water partition coefficient (Wildman–Crippen LogP) is 0.367. The standard InChI is InChI=1S/C7H15NO/c1-6-3-2-4-8-7(6)5-9/h6-9H,2-5H2,1H3. The number of rotatable bonds is 1. The van der Waals surface area contributed by atoms with Crippen LogP contribution < -0.4 is 5.32 Å². The molecule has 0 radical (unpaired) electrons. The first-order chi connectivity index (χ1) is 4.34. The Morgan fingerprint density at radius 3 is 2.89 bits per heavy atom. The second-order valence-corrected chi connectivity index (χ2v) is 2.86. The van der Waals surface area contributed by atoms with E-state index >= 15 is 0 Å². The molecule has 2 unspecified atom stereocenters. The highest BCUT2D eigenvalue weighted by molar-refractivity contribution is 4.76. The highest BCUT2D eigenvalue weighted by Crippen LogP contribution is 2.14. The minimum absolute atomic E-state index is 0.293. The van der Waals surface area contributed by atoms with E-state index in [1.54, 1.807) is 0 Å². The Balaban J connectivity index is 2.30. The van der Waals surface area contributed by atoms with Gasteiger partial charge in [0.2, 0.25) is 0 Å². The van der Waals surface area contributed by atoms with E-state index in [-0.39, 0.29) is 0 Å². The molecule has 1 heterocycles. The molecule has 1 rings (SSSR count). The van der Waals surface area contributed by atoms with Crippen LogP contribution in [-0.2, 0) is 0 Å². The summed E-state index contributed by atoms with van der Waals surface area (Å²) in [5.41, 5.74) is 0. The lowest BCUT2D eigenvalue weighted by molar-refractivity contribution is 0.179. The number of hydrogen-bond acceptors (Lipinski definition) is 2. The Kier molecular flexibility index (Phi) is 2.49. The summed E-state index contributed by atoms with van der Waals surface area (Å²) in [7, 11) is 0. The fourth-order valence-corrected chi connectivity index (χ4v) is 1.36. The van der Waals surface area contributed by atoms with Crippen LogP contribution in [0.1, 0.15) is 19.8 Å². The summed E-state index contributed by atoms with van der Waals surface area (Å²) in [6.07, 6.45) is 2.52. The minimum Gasteiger partial charge on any atom is -0.395 e. The van der Waals surface area contributed by atoms with Gasteiger partial charge < -0.3 is 10.4 Å². The zero-order valence-electron chi connectivity index (χ0n) is 5.93. The van der Waals surface area contributed by atoms with Crippen LogP contribution in [0, 0.1) is 5.92 Å². The largest absolute Gasteiger partial charge is 0.395 e. The number of nitrogens with one attached hydrogen (secondary N) is 1. The van der Waals surface area contributed by atoms with Crippen molar-refractivity contribution in [1.82, 2.24) is 5.32 Å². The van der Waals surface area contributed by atoms with Crippen molar-refractivity contribution in [2.75, 3.05) is 13.2 Å². The van der Waals surface area contributed by atoms with E-state index in [0.29, 0.717) is 18.6 Å². The lowest BCUT2D eigenvalue weighted by atomic mass is 9.93. The van der Waals surface area contributed by atoms with Crippen LogP contribution in [0.4, 0.5) is 0 Å². The Hall–Kier alpha value is -0.0800. The highest BCUT2D eigenvalue weighted by atomic mass is 16.3. The molecule has 0 saturated carbocycles. The third-order valence-electron chi connectivity index (χ3n) is 2.13. The van der Waals surface area contributed by atoms with Crippen LogP contribution in [0.5, 0.6) is 0 Å². The first kappa shape index (κ1) is 7.03. The first-order valence-corrected chi connectivity index (χ1v) is 3.69. The van der Waals surface area contributed by atoms with Crippen LogP contribution in [-0.4, -0.2) is 24.3 Å². The number of hydrogen-bond donors (Lipinski definition) is 2. The summed E-state index contributed by atoms with van der Waals surface area (Å²) in [4.78, 5) is 0. The van der Waals surface area contributed by atoms with Gasteiger partial charge in [-0.25, -0.2) is 0 Å². The van der Waals surface area contributed by atoms with Gasteiger partial charge in [-0.05, 0) is 25.3 Å². The smallest absolute Gasteiger partial charge is 0.0587 e. The van der Waals surface area contributed by atoms with E-state index in [9.17, 15) is 0 Å². The fraction of sp³-hybridized carbons (Fsp3) is 1.00. The first-order valence-electron chi connectivity index (χ1n) is 3.69. The molecular formula is C7H15NO. The monoisotopic (exact) mass is 129 g/mol. The molecule has 2 N–H and O–H groups in total. The van der Waals surface area contributed by atoms with Crippen molar-refractivity contribution in [2.24, 2.45) is 5.92 Å². The average molecular weight is 129 g/mol. The molecule has 0 amide bonds. The number of aliphatic hydroxyl groups is 1. The molecule has 54 valence electrons. The Morgan fingerprint density at radius 1 is 1.67 bits per heavy atom. The van der Waals surface area contributed by atoms with E-state index in [0.717, 1.165) is 6.54 Å². The molecule has 1 saturated heterocycles. The van der Waals surface area contributed by atoms with Crippen molar-refractivity contribution in [3.8, 4) is 0 Å². The van der Waals surface area contributed by atoms with Gasteiger partial charge in [0.25, 0.3) is 0 Å². The summed E-state index contributed by atoms with van der Waals surface area (Å²) in [5.74, 6) is 0.656. The molecule has 0 aliphatic carbocycles. The summed E-state index contributed by atoms with van der Waals surface area (Å²) in [6.45, 7) is 3.56. The molecule has 1 aliphatic rings. The minimum atomic E-state index is 0.293. The molecule has 2 atom stereocenters. The van der Waals surface area contributed by atoms with Gasteiger partial charge in [-0.1, -0.05) is 6.92 Å². The van der Waals surface area contributed by atoms with Gasteiger partial charge in [0, 0.05) is 6.04 Å². The van der Waals surface area contributed by atoms with Crippen molar-refractivity contribution in [1.29, 1.82) is 0 Å². The number of piperidine rings is 1. The van der Waals surface area contributed by atoms with E-state index in [1.165, 1.54) is 12.8 Å². The van der Waals surface area contributed by atoms with Gasteiger partial charge in [0.15, 0.2) is 0 Å². The summed E-state index contributed by atoms with van der Waals surface area (Å²) < 4.78 is 0. The molecule has 2 heteroatoms. The van der Waals surface area contributed by atoms with Crippen molar-refractivity contribution >= 4 is 0 Å². The molecule has 0 aromatic carbocycles. The van der Waals surface area contributed by atoms with Gasteiger partial charge in [-0.15, -0.1) is 0 Å². The third kappa shape index (κ3) is 1.66. The average Bonchev–Trinajstić information content (AvgIpc) is 1.89. The maximum atomic E-state index is 8.80. The quantitative estimate of drug-likeness (QED) is 0.536. The molecule has 0 bridgehead atoms. The van der Waals surface area contributed by atoms with E-state index in [1.807, 2.05) is 0 Å². The van der Waals surface area contributed by atoms with Crippen molar-refractivity contribution < 1.29 is 5.11 Å². The zero-order valence-corrected chi connectivity index (χ0v) is 5.93. The lowest BCUT2D eigenvalue weighted by Crippen LogP contribution is -2.42. The van der Waals surface area contributed by atoms with Crippen LogP contribution in [0.15, 0.2) is 0 Å². The van der Waals surface area contributed by atoms with Gasteiger partial charge >= 0.3 is 0 Å². The Morgan fingerprint density at radius 2 is 2.44 bits per heavy atom. The van der Waals surface area contributed by atoms with Crippen molar-refractivity contribution in [3.63, 3.8) is 0 Å². The second kappa shape index (κ2) is 3.18. The molecule has 0 spiro atoms. The molecule has 9 heavy (non-hydrogen) atoms. The van der Waals surface area contributed by atoms with Gasteiger partial charge in [-0.2, -0.15) is 0 Å². The molecule has 1 aliphatic heterocycles. The van der Waals surface area contributed by atoms with E-state index in [4.69, 9.17) is 5.11 Å². The van der Waals surface area contributed by atoms with Gasteiger partial charge in [0.1, 0.15) is 0 Å². The van der Waals surface area contributed by atoms with Crippen molar-refractivity contribution in [3.05, 3.63) is 0 Å². The summed E-state index contributed by atoms with van der Waals surface area (Å²) in [5, 5.41) is 12.1. The Bertz CT molecular complexity index is 85.0. The maximum absolute atomic E-state index is 8.80. The van der Waals surface area contributed by atoms with Crippen molar-refractivity contribution in [2.45, 2.75) is 25.8 Å². The normalized spacial score (nSPS) is 36.7. The van der Waals surface area contributed by atoms with Crippen LogP contribution in [0.3, 0.4) is 0 Å². The summed E-state index contributed by atoms with van der Waals surface area (Å²) in [6, 6.07) is 0.360. The molecule has 0 aromatic rings. The molecule has 2 nitrogen and oxygen atoms in total. The Labute approximate surface area is 56.3 Å². The van der Waals surface area contributed by atoms with E-state index in [2.05, 4.69) is 12.2 Å². The topological polar surface area (TPSA) is 32.3 Å². The predicted molar refractivity (Wildman–Crippen MR) is 37.3 cm³/mol. The van der Waals surface area contributed by atoms with Crippen LogP contribution in [0.25, 0.3) is 0 Å². The van der Waals surface area contributed by atoms with Crippen LogP contribution in [0.2, 0.25) is 0 Å². The second-order valence-electron chi connectivity index (χ2n) is 2.86. The fourth-order valence-electron chi connectivity index (χ4n) is 1.36. The summed E-state index contributed by atoms with van der Waals surface area (Å²) >= 11 is 0. The molecule has 0 aromatic heterocycles. The molecule has 1 fully saturated rings. The van der Waals surface area contributed by atoms with E-state index < -0.39 is 0 Å². The third-order valence-corrected chi connectivity index (χ3v) is 2.13. The zero-order chi connectivity index (χ0) is 6.69. The SMILES string of the molecule is CC1CCCNC1CO. The number of aliphatic hydroxyl groups excluding tert-OH is 1.